The van der Waals surface area contributed by atoms with Gasteiger partial charge in [0.1, 0.15) is 6.61 Å². The summed E-state index contributed by atoms with van der Waals surface area (Å²) in [5.41, 5.74) is 1.47. The average molecular weight is 419 g/mol. The van der Waals surface area contributed by atoms with E-state index in [9.17, 15) is 22.8 Å². The summed E-state index contributed by atoms with van der Waals surface area (Å²) in [5, 5.41) is 0. The Morgan fingerprint density at radius 3 is 2.07 bits per heavy atom. The summed E-state index contributed by atoms with van der Waals surface area (Å²) in [6, 6.07) is 11.9. The van der Waals surface area contributed by atoms with Crippen molar-refractivity contribution in [3.05, 3.63) is 65.2 Å². The minimum absolute atomic E-state index is 0.000452. The molecule has 9 heteroatoms. The molecule has 0 atom stereocenters. The number of sulfonamides is 1. The summed E-state index contributed by atoms with van der Waals surface area (Å²) in [7, 11) is -2.51. The number of benzene rings is 2. The topological polar surface area (TPSA) is 116 Å². The van der Waals surface area contributed by atoms with Crippen LogP contribution in [-0.2, 0) is 30.9 Å². The molecule has 0 bridgehead atoms. The lowest BCUT2D eigenvalue weighted by molar-refractivity contribution is -0.144. The third-order valence-electron chi connectivity index (χ3n) is 3.97. The zero-order valence-electron chi connectivity index (χ0n) is 16.0. The summed E-state index contributed by atoms with van der Waals surface area (Å²) < 4.78 is 36.4. The van der Waals surface area contributed by atoms with Gasteiger partial charge in [-0.05, 0) is 36.8 Å². The van der Waals surface area contributed by atoms with Gasteiger partial charge in [-0.2, -0.15) is 0 Å². The Morgan fingerprint density at radius 1 is 0.931 bits per heavy atom. The van der Waals surface area contributed by atoms with Crippen LogP contribution < -0.4 is 4.72 Å². The summed E-state index contributed by atoms with van der Waals surface area (Å²) in [5.74, 6) is -1.20. The molecule has 0 unspecified atom stereocenters. The molecular formula is C20H21NO7S. The van der Waals surface area contributed by atoms with E-state index >= 15 is 0 Å². The molecule has 154 valence electrons. The highest BCUT2D eigenvalue weighted by Crippen LogP contribution is 2.11. The molecule has 2 aromatic rings. The number of esters is 2. The van der Waals surface area contributed by atoms with Gasteiger partial charge in [0, 0.05) is 12.1 Å². The van der Waals surface area contributed by atoms with Crippen molar-refractivity contribution in [3.8, 4) is 0 Å². The summed E-state index contributed by atoms with van der Waals surface area (Å²) in [6.45, 7) is 1.26. The molecule has 0 aliphatic heterocycles. The number of methoxy groups -OCH3 is 1. The fourth-order valence-corrected chi connectivity index (χ4v) is 3.36. The van der Waals surface area contributed by atoms with Gasteiger partial charge in [0.15, 0.2) is 5.78 Å². The molecular weight excluding hydrogens is 398 g/mol. The molecule has 1 N–H and O–H groups in total. The second-order valence-corrected chi connectivity index (χ2v) is 7.84. The highest BCUT2D eigenvalue weighted by atomic mass is 32.2. The molecule has 0 fully saturated rings. The van der Waals surface area contributed by atoms with Crippen molar-refractivity contribution in [2.24, 2.45) is 0 Å². The van der Waals surface area contributed by atoms with Crippen molar-refractivity contribution >= 4 is 27.7 Å². The standard InChI is InChI=1S/C20H21NO7S/c1-14(22)16-7-9-18(10-8-16)29(25,26)21-12-11-19(23)28-13-15-3-5-17(6-4-15)20(24)27-2/h3-10,21H,11-13H2,1-2H3. The Bertz CT molecular complexity index is 980. The maximum atomic E-state index is 12.2. The lowest BCUT2D eigenvalue weighted by atomic mass is 10.1. The third-order valence-corrected chi connectivity index (χ3v) is 5.44. The fraction of sp³-hybridized carbons (Fsp3) is 0.250. The predicted molar refractivity (Wildman–Crippen MR) is 104 cm³/mol. The van der Waals surface area contributed by atoms with Crippen LogP contribution in [0.1, 0.15) is 39.6 Å². The lowest BCUT2D eigenvalue weighted by Crippen LogP contribution is -2.26. The van der Waals surface area contributed by atoms with E-state index in [1.807, 2.05) is 0 Å². The van der Waals surface area contributed by atoms with Crippen LogP contribution in [0.5, 0.6) is 0 Å². The van der Waals surface area contributed by atoms with Gasteiger partial charge in [-0.25, -0.2) is 17.9 Å². The molecule has 0 saturated heterocycles. The number of rotatable bonds is 9. The Hall–Kier alpha value is -3.04. The average Bonchev–Trinajstić information content (AvgIpc) is 2.72. The zero-order valence-corrected chi connectivity index (χ0v) is 16.8. The van der Waals surface area contributed by atoms with Crippen molar-refractivity contribution in [2.45, 2.75) is 24.8 Å². The Kier molecular flexibility index (Phi) is 7.63. The largest absolute Gasteiger partial charge is 0.465 e. The highest BCUT2D eigenvalue weighted by molar-refractivity contribution is 7.89. The molecule has 8 nitrogen and oxygen atoms in total. The zero-order chi connectivity index (χ0) is 21.4. The molecule has 0 radical (unpaired) electrons. The smallest absolute Gasteiger partial charge is 0.337 e. The molecule has 0 saturated carbocycles. The fourth-order valence-electron chi connectivity index (χ4n) is 2.33. The van der Waals surface area contributed by atoms with Crippen molar-refractivity contribution in [1.29, 1.82) is 0 Å². The predicted octanol–water partition coefficient (Wildman–Crippen LogP) is 2.09. The highest BCUT2D eigenvalue weighted by Gasteiger charge is 2.15. The third kappa shape index (κ3) is 6.51. The number of Topliss-reactive ketones (excluding diaryl/α,β-unsaturated/α-hetero) is 1. The number of carbonyl (C=O) groups excluding carboxylic acids is 3. The number of carbonyl (C=O) groups is 3. The first kappa shape index (κ1) is 22.3. The summed E-state index contributed by atoms with van der Waals surface area (Å²) in [4.78, 5) is 34.4. The van der Waals surface area contributed by atoms with Crippen LogP contribution in [0.2, 0.25) is 0 Å². The maximum absolute atomic E-state index is 12.2. The molecule has 0 heterocycles. The molecule has 0 aliphatic carbocycles. The van der Waals surface area contributed by atoms with Crippen molar-refractivity contribution in [3.63, 3.8) is 0 Å². The SMILES string of the molecule is COC(=O)c1ccc(COC(=O)CCNS(=O)(=O)c2ccc(C(C)=O)cc2)cc1. The minimum Gasteiger partial charge on any atom is -0.465 e. The van der Waals surface area contributed by atoms with Crippen molar-refractivity contribution < 1.29 is 32.3 Å². The first-order chi connectivity index (χ1) is 13.7. The normalized spacial score (nSPS) is 11.0. The van der Waals surface area contributed by atoms with E-state index in [1.165, 1.54) is 38.3 Å². The molecule has 0 aromatic heterocycles. The van der Waals surface area contributed by atoms with Crippen LogP contribution in [0.25, 0.3) is 0 Å². The molecule has 0 spiro atoms. The molecule has 0 amide bonds. The monoisotopic (exact) mass is 419 g/mol. The van der Waals surface area contributed by atoms with E-state index < -0.39 is 22.0 Å². The number of ether oxygens (including phenoxy) is 2. The van der Waals surface area contributed by atoms with E-state index in [0.717, 1.165) is 0 Å². The van der Waals surface area contributed by atoms with E-state index in [1.54, 1.807) is 24.3 Å². The minimum atomic E-state index is -3.79. The molecule has 29 heavy (non-hydrogen) atoms. The van der Waals surface area contributed by atoms with Crippen LogP contribution in [0.15, 0.2) is 53.4 Å². The Labute approximate surface area is 168 Å². The van der Waals surface area contributed by atoms with Gasteiger partial charge in [0.2, 0.25) is 10.0 Å². The van der Waals surface area contributed by atoms with E-state index in [-0.39, 0.29) is 30.3 Å². The quantitative estimate of drug-likeness (QED) is 0.489. The molecule has 2 aromatic carbocycles. The number of hydrogen-bond acceptors (Lipinski definition) is 7. The van der Waals surface area contributed by atoms with Gasteiger partial charge >= 0.3 is 11.9 Å². The second kappa shape index (κ2) is 9.94. The number of hydrogen-bond donors (Lipinski definition) is 1. The van der Waals surface area contributed by atoms with Crippen LogP contribution in [0, 0.1) is 0 Å². The first-order valence-electron chi connectivity index (χ1n) is 8.66. The summed E-state index contributed by atoms with van der Waals surface area (Å²) >= 11 is 0. The van der Waals surface area contributed by atoms with Crippen molar-refractivity contribution in [1.82, 2.24) is 4.72 Å². The maximum Gasteiger partial charge on any atom is 0.337 e. The van der Waals surface area contributed by atoms with Crippen LogP contribution >= 0.6 is 0 Å². The van der Waals surface area contributed by atoms with Gasteiger partial charge in [0.25, 0.3) is 0 Å². The van der Waals surface area contributed by atoms with Crippen LogP contribution in [0.4, 0.5) is 0 Å². The van der Waals surface area contributed by atoms with Gasteiger partial charge in [0.05, 0.1) is 24.0 Å². The van der Waals surface area contributed by atoms with Gasteiger partial charge < -0.3 is 9.47 Å². The van der Waals surface area contributed by atoms with E-state index in [4.69, 9.17) is 4.74 Å². The Morgan fingerprint density at radius 2 is 1.52 bits per heavy atom. The van der Waals surface area contributed by atoms with Gasteiger partial charge in [-0.3, -0.25) is 9.59 Å². The van der Waals surface area contributed by atoms with Gasteiger partial charge in [-0.15, -0.1) is 0 Å². The van der Waals surface area contributed by atoms with Crippen LogP contribution in [0.3, 0.4) is 0 Å². The van der Waals surface area contributed by atoms with Crippen LogP contribution in [-0.4, -0.2) is 39.8 Å². The molecule has 0 aliphatic rings. The van der Waals surface area contributed by atoms with Gasteiger partial charge in [-0.1, -0.05) is 24.3 Å². The number of ketones is 1. The second-order valence-electron chi connectivity index (χ2n) is 6.08. The first-order valence-corrected chi connectivity index (χ1v) is 10.1. The summed E-state index contributed by atoms with van der Waals surface area (Å²) in [6.07, 6.45) is -0.148. The number of nitrogens with one attached hydrogen (secondary N) is 1. The van der Waals surface area contributed by atoms with E-state index in [0.29, 0.717) is 16.7 Å². The Balaban J connectivity index is 1.80. The van der Waals surface area contributed by atoms with Crippen molar-refractivity contribution in [2.75, 3.05) is 13.7 Å². The van der Waals surface area contributed by atoms with E-state index in [2.05, 4.69) is 9.46 Å². The lowest BCUT2D eigenvalue weighted by Gasteiger charge is -2.08. The molecule has 2 rings (SSSR count).